The summed E-state index contributed by atoms with van der Waals surface area (Å²) in [6.45, 7) is 9.53. The fraction of sp³-hybridized carbons (Fsp3) is 0.286. The van der Waals surface area contributed by atoms with E-state index in [2.05, 4.69) is 15.4 Å². The summed E-state index contributed by atoms with van der Waals surface area (Å²) < 4.78 is 15.7. The van der Waals surface area contributed by atoms with E-state index < -0.39 is 5.97 Å². The van der Waals surface area contributed by atoms with Crippen LogP contribution >= 0.6 is 0 Å². The molecule has 146 valence electrons. The van der Waals surface area contributed by atoms with Crippen LogP contribution in [0.2, 0.25) is 0 Å². The number of halogens is 1. The van der Waals surface area contributed by atoms with Crippen LogP contribution in [0.4, 0.5) is 16.0 Å². The zero-order valence-electron chi connectivity index (χ0n) is 16.5. The lowest BCUT2D eigenvalue weighted by Gasteiger charge is -2.14. The van der Waals surface area contributed by atoms with Gasteiger partial charge < -0.3 is 10.4 Å². The van der Waals surface area contributed by atoms with Gasteiger partial charge in [0.25, 0.3) is 0 Å². The van der Waals surface area contributed by atoms with E-state index >= 15 is 0 Å². The molecule has 0 saturated heterocycles. The Morgan fingerprint density at radius 2 is 1.89 bits per heavy atom. The number of aromatic carboxylic acids is 1. The molecule has 1 aromatic carbocycles. The number of nitrogens with one attached hydrogen (secondary N) is 1. The molecule has 2 heterocycles. The molecule has 0 amide bonds. The van der Waals surface area contributed by atoms with Crippen molar-refractivity contribution >= 4 is 17.6 Å². The Hall–Kier alpha value is -3.22. The van der Waals surface area contributed by atoms with Gasteiger partial charge in [-0.1, -0.05) is 26.8 Å². The zero-order chi connectivity index (χ0) is 20.6. The van der Waals surface area contributed by atoms with Crippen LogP contribution in [0.15, 0.2) is 36.4 Å². The second-order valence-electron chi connectivity index (χ2n) is 7.74. The lowest BCUT2D eigenvalue weighted by Crippen LogP contribution is -2.13. The molecule has 0 spiro atoms. The highest BCUT2D eigenvalue weighted by molar-refractivity contribution is 5.93. The molecule has 0 unspecified atom stereocenters. The summed E-state index contributed by atoms with van der Waals surface area (Å²) in [5, 5.41) is 17.2. The number of carboxylic acids is 1. The predicted octanol–water partition coefficient (Wildman–Crippen LogP) is 4.76. The summed E-state index contributed by atoms with van der Waals surface area (Å²) in [5.41, 5.74) is 2.28. The van der Waals surface area contributed by atoms with Crippen LogP contribution in [0, 0.1) is 19.7 Å². The summed E-state index contributed by atoms with van der Waals surface area (Å²) >= 11 is 0. The molecule has 0 bridgehead atoms. The lowest BCUT2D eigenvalue weighted by atomic mass is 9.92. The number of pyridine rings is 1. The van der Waals surface area contributed by atoms with Crippen molar-refractivity contribution in [2.24, 2.45) is 0 Å². The molecule has 7 heteroatoms. The number of aryl methyl sites for hydroxylation is 1. The Morgan fingerprint density at radius 3 is 2.54 bits per heavy atom. The van der Waals surface area contributed by atoms with Gasteiger partial charge in [-0.05, 0) is 38.1 Å². The standard InChI is InChI=1S/C21H23FN4O2/c1-12-9-10-14(20(27)28)19(23-12)24-18-11-17(21(3,4)5)25-26(18)16-8-6-7-15(22)13(16)2/h6-11H,1-5H3,(H,23,24)(H,27,28). The van der Waals surface area contributed by atoms with E-state index in [1.54, 1.807) is 36.7 Å². The SMILES string of the molecule is Cc1ccc(C(=O)O)c(Nc2cc(C(C)(C)C)nn2-c2cccc(F)c2C)n1. The maximum absolute atomic E-state index is 14.1. The molecule has 0 fully saturated rings. The Kier molecular flexibility index (Phi) is 4.93. The molecule has 2 N–H and O–H groups in total. The average Bonchev–Trinajstić information content (AvgIpc) is 3.01. The monoisotopic (exact) mass is 382 g/mol. The van der Waals surface area contributed by atoms with Crippen molar-refractivity contribution in [3.05, 3.63) is 64.7 Å². The highest BCUT2D eigenvalue weighted by atomic mass is 19.1. The smallest absolute Gasteiger partial charge is 0.339 e. The van der Waals surface area contributed by atoms with Crippen molar-refractivity contribution < 1.29 is 14.3 Å². The highest BCUT2D eigenvalue weighted by Gasteiger charge is 2.23. The second kappa shape index (κ2) is 7.07. The van der Waals surface area contributed by atoms with Gasteiger partial charge in [-0.15, -0.1) is 0 Å². The van der Waals surface area contributed by atoms with E-state index in [-0.39, 0.29) is 22.6 Å². The molecule has 3 rings (SSSR count). The Labute approximate surface area is 163 Å². The Bertz CT molecular complexity index is 1050. The minimum Gasteiger partial charge on any atom is -0.478 e. The molecule has 28 heavy (non-hydrogen) atoms. The van der Waals surface area contributed by atoms with Gasteiger partial charge in [-0.2, -0.15) is 5.10 Å². The van der Waals surface area contributed by atoms with E-state index in [1.165, 1.54) is 12.1 Å². The summed E-state index contributed by atoms with van der Waals surface area (Å²) in [5.74, 6) is -0.697. The van der Waals surface area contributed by atoms with Gasteiger partial charge in [-0.25, -0.2) is 18.9 Å². The number of rotatable bonds is 4. The first-order valence-corrected chi connectivity index (χ1v) is 8.92. The number of carboxylic acid groups (broad SMARTS) is 1. The van der Waals surface area contributed by atoms with Crippen LogP contribution in [-0.4, -0.2) is 25.8 Å². The molecule has 0 aliphatic heterocycles. The van der Waals surface area contributed by atoms with Crippen molar-refractivity contribution in [2.45, 2.75) is 40.0 Å². The molecule has 0 aliphatic rings. The third-order valence-electron chi connectivity index (χ3n) is 4.46. The first-order chi connectivity index (χ1) is 13.1. The lowest BCUT2D eigenvalue weighted by molar-refractivity contribution is 0.0697. The molecule has 2 aromatic heterocycles. The van der Waals surface area contributed by atoms with Gasteiger partial charge in [0.1, 0.15) is 23.0 Å². The summed E-state index contributed by atoms with van der Waals surface area (Å²) in [7, 11) is 0. The van der Waals surface area contributed by atoms with Gasteiger partial charge in [-0.3, -0.25) is 0 Å². The molecular formula is C21H23FN4O2. The van der Waals surface area contributed by atoms with Crippen LogP contribution in [0.25, 0.3) is 5.69 Å². The number of hydrogen-bond acceptors (Lipinski definition) is 4. The first kappa shape index (κ1) is 19.5. The van der Waals surface area contributed by atoms with Gasteiger partial charge in [0.05, 0.1) is 11.4 Å². The molecule has 0 aliphatic carbocycles. The molecule has 3 aromatic rings. The van der Waals surface area contributed by atoms with Gasteiger partial charge in [0.15, 0.2) is 0 Å². The number of benzene rings is 1. The zero-order valence-corrected chi connectivity index (χ0v) is 16.5. The van der Waals surface area contributed by atoms with Crippen LogP contribution in [-0.2, 0) is 5.41 Å². The minimum absolute atomic E-state index is 0.0478. The largest absolute Gasteiger partial charge is 0.478 e. The van der Waals surface area contributed by atoms with E-state index in [4.69, 9.17) is 0 Å². The number of aromatic nitrogens is 3. The average molecular weight is 382 g/mol. The van der Waals surface area contributed by atoms with Crippen LogP contribution in [0.5, 0.6) is 0 Å². The molecule has 0 atom stereocenters. The minimum atomic E-state index is -1.08. The third kappa shape index (κ3) is 3.74. The van der Waals surface area contributed by atoms with Gasteiger partial charge >= 0.3 is 5.97 Å². The topological polar surface area (TPSA) is 80.0 Å². The number of carbonyl (C=O) groups is 1. The molecular weight excluding hydrogens is 359 g/mol. The predicted molar refractivity (Wildman–Crippen MR) is 106 cm³/mol. The highest BCUT2D eigenvalue weighted by Crippen LogP contribution is 2.30. The molecule has 0 saturated carbocycles. The summed E-state index contributed by atoms with van der Waals surface area (Å²) in [4.78, 5) is 15.9. The maximum Gasteiger partial charge on any atom is 0.339 e. The van der Waals surface area contributed by atoms with E-state index in [0.29, 0.717) is 22.8 Å². The third-order valence-corrected chi connectivity index (χ3v) is 4.46. The van der Waals surface area contributed by atoms with Crippen LogP contribution < -0.4 is 5.32 Å². The number of anilines is 2. The van der Waals surface area contributed by atoms with Crippen LogP contribution in [0.1, 0.15) is 48.1 Å². The van der Waals surface area contributed by atoms with Crippen molar-refractivity contribution in [1.29, 1.82) is 0 Å². The van der Waals surface area contributed by atoms with Crippen molar-refractivity contribution in [3.63, 3.8) is 0 Å². The normalized spacial score (nSPS) is 11.5. The quantitative estimate of drug-likeness (QED) is 0.680. The Balaban J connectivity index is 2.19. The summed E-state index contributed by atoms with van der Waals surface area (Å²) in [6.07, 6.45) is 0. The second-order valence-corrected chi connectivity index (χ2v) is 7.74. The number of nitrogens with zero attached hydrogens (tertiary/aromatic N) is 3. The van der Waals surface area contributed by atoms with E-state index in [0.717, 1.165) is 5.69 Å². The van der Waals surface area contributed by atoms with Crippen LogP contribution in [0.3, 0.4) is 0 Å². The fourth-order valence-corrected chi connectivity index (χ4v) is 2.79. The Morgan fingerprint density at radius 1 is 1.18 bits per heavy atom. The van der Waals surface area contributed by atoms with Gasteiger partial charge in [0.2, 0.25) is 0 Å². The molecule has 0 radical (unpaired) electrons. The van der Waals surface area contributed by atoms with Crippen molar-refractivity contribution in [2.75, 3.05) is 5.32 Å². The summed E-state index contributed by atoms with van der Waals surface area (Å²) in [6, 6.07) is 9.76. The van der Waals surface area contributed by atoms with Crippen molar-refractivity contribution in [3.8, 4) is 5.69 Å². The fourth-order valence-electron chi connectivity index (χ4n) is 2.79. The number of hydrogen-bond donors (Lipinski definition) is 2. The van der Waals surface area contributed by atoms with Crippen molar-refractivity contribution in [1.82, 2.24) is 14.8 Å². The first-order valence-electron chi connectivity index (χ1n) is 8.92. The van der Waals surface area contributed by atoms with E-state index in [9.17, 15) is 14.3 Å². The maximum atomic E-state index is 14.1. The van der Waals surface area contributed by atoms with E-state index in [1.807, 2.05) is 26.8 Å². The van der Waals surface area contributed by atoms with Gasteiger partial charge in [0, 0.05) is 22.7 Å². The molecule has 6 nitrogen and oxygen atoms in total.